The van der Waals surface area contributed by atoms with E-state index in [1.165, 1.54) is 0 Å². The molecule has 0 aliphatic heterocycles. The number of benzene rings is 1. The van der Waals surface area contributed by atoms with Crippen LogP contribution in [0.3, 0.4) is 0 Å². The van der Waals surface area contributed by atoms with Gasteiger partial charge in [0.25, 0.3) is 0 Å². The highest BCUT2D eigenvalue weighted by Gasteiger charge is 2.06. The largest absolute Gasteiger partial charge is 0.399 e. The SMILES string of the molecule is CSc1nnc(SCCc2nc3ccc(N)cc3[nH]2)s1. The molecule has 3 N–H and O–H groups in total. The Kier molecular flexibility index (Phi) is 4.13. The number of nitrogens with zero attached hydrogens (tertiary/aromatic N) is 3. The Morgan fingerprint density at radius 2 is 2.15 bits per heavy atom. The fourth-order valence-electron chi connectivity index (χ4n) is 1.77. The zero-order valence-electron chi connectivity index (χ0n) is 10.8. The van der Waals surface area contributed by atoms with Crippen LogP contribution >= 0.6 is 34.9 Å². The Hall–Kier alpha value is -1.25. The monoisotopic (exact) mass is 323 g/mol. The van der Waals surface area contributed by atoms with Crippen LogP contribution < -0.4 is 5.73 Å². The van der Waals surface area contributed by atoms with Gasteiger partial charge in [-0.3, -0.25) is 0 Å². The average molecular weight is 323 g/mol. The number of nitrogens with two attached hydrogens (primary N) is 1. The van der Waals surface area contributed by atoms with Crippen molar-refractivity contribution in [3.8, 4) is 0 Å². The molecule has 0 fully saturated rings. The molecule has 20 heavy (non-hydrogen) atoms. The summed E-state index contributed by atoms with van der Waals surface area (Å²) in [5.41, 5.74) is 8.46. The molecule has 3 aromatic rings. The Morgan fingerprint density at radius 1 is 1.30 bits per heavy atom. The Labute approximate surface area is 128 Å². The third-order valence-corrected chi connectivity index (χ3v) is 5.72. The number of rotatable bonds is 5. The number of hydrogen-bond donors (Lipinski definition) is 2. The molecule has 0 saturated carbocycles. The standard InChI is InChI=1S/C12H13N5S3/c1-18-11-16-17-12(20-11)19-5-4-10-14-8-3-2-7(13)6-9(8)15-10/h2-3,6H,4-5,13H2,1H3,(H,14,15). The van der Waals surface area contributed by atoms with E-state index in [1.807, 2.05) is 24.5 Å². The third-order valence-electron chi connectivity index (χ3n) is 2.68. The number of hydrogen-bond acceptors (Lipinski definition) is 7. The smallest absolute Gasteiger partial charge is 0.175 e. The van der Waals surface area contributed by atoms with Crippen LogP contribution in [0.5, 0.6) is 0 Å². The predicted octanol–water partition coefficient (Wildman–Crippen LogP) is 3.05. The highest BCUT2D eigenvalue weighted by Crippen LogP contribution is 2.27. The molecule has 0 unspecified atom stereocenters. The maximum absolute atomic E-state index is 5.76. The lowest BCUT2D eigenvalue weighted by atomic mass is 10.3. The van der Waals surface area contributed by atoms with Gasteiger partial charge in [0.2, 0.25) is 0 Å². The molecule has 2 aromatic heterocycles. The molecule has 0 radical (unpaired) electrons. The van der Waals surface area contributed by atoms with Crippen molar-refractivity contribution >= 4 is 51.6 Å². The molecule has 0 aliphatic rings. The first-order valence-corrected chi connectivity index (χ1v) is 9.01. The molecule has 0 bridgehead atoms. The van der Waals surface area contributed by atoms with Gasteiger partial charge < -0.3 is 10.7 Å². The van der Waals surface area contributed by atoms with Crippen LogP contribution in [0.1, 0.15) is 5.82 Å². The minimum Gasteiger partial charge on any atom is -0.399 e. The first-order valence-electron chi connectivity index (χ1n) is 5.99. The van der Waals surface area contributed by atoms with Crippen molar-refractivity contribution < 1.29 is 0 Å². The van der Waals surface area contributed by atoms with E-state index < -0.39 is 0 Å². The van der Waals surface area contributed by atoms with E-state index in [9.17, 15) is 0 Å². The quantitative estimate of drug-likeness (QED) is 0.555. The van der Waals surface area contributed by atoms with E-state index in [0.717, 1.165) is 43.4 Å². The third kappa shape index (κ3) is 3.08. The summed E-state index contributed by atoms with van der Waals surface area (Å²) in [6, 6.07) is 5.72. The van der Waals surface area contributed by atoms with Gasteiger partial charge in [0.15, 0.2) is 8.68 Å². The van der Waals surface area contributed by atoms with E-state index >= 15 is 0 Å². The lowest BCUT2D eigenvalue weighted by Crippen LogP contribution is -1.90. The van der Waals surface area contributed by atoms with Gasteiger partial charge in [-0.05, 0) is 24.5 Å². The molecule has 0 spiro atoms. The normalized spacial score (nSPS) is 11.2. The van der Waals surface area contributed by atoms with Crippen molar-refractivity contribution in [3.63, 3.8) is 0 Å². The lowest BCUT2D eigenvalue weighted by molar-refractivity contribution is 0.952. The number of aromatic nitrogens is 4. The molecular weight excluding hydrogens is 310 g/mol. The topological polar surface area (TPSA) is 80.5 Å². The van der Waals surface area contributed by atoms with Crippen LogP contribution in [-0.4, -0.2) is 32.2 Å². The number of thioether (sulfide) groups is 2. The molecule has 0 atom stereocenters. The molecule has 1 aromatic carbocycles. The summed E-state index contributed by atoms with van der Waals surface area (Å²) in [4.78, 5) is 7.84. The Bertz CT molecular complexity index is 721. The van der Waals surface area contributed by atoms with E-state index in [0.29, 0.717) is 0 Å². The van der Waals surface area contributed by atoms with Gasteiger partial charge in [-0.1, -0.05) is 34.9 Å². The summed E-state index contributed by atoms with van der Waals surface area (Å²) < 4.78 is 2.02. The molecule has 0 aliphatic carbocycles. The number of aromatic amines is 1. The molecule has 104 valence electrons. The van der Waals surface area contributed by atoms with Crippen molar-refractivity contribution in [1.82, 2.24) is 20.2 Å². The predicted molar refractivity (Wildman–Crippen MR) is 86.6 cm³/mol. The summed E-state index contributed by atoms with van der Waals surface area (Å²) in [6.07, 6.45) is 2.88. The minimum atomic E-state index is 0.750. The zero-order chi connectivity index (χ0) is 13.9. The van der Waals surface area contributed by atoms with Gasteiger partial charge in [0, 0.05) is 17.9 Å². The number of H-pyrrole nitrogens is 1. The van der Waals surface area contributed by atoms with E-state index in [-0.39, 0.29) is 0 Å². The molecule has 8 heteroatoms. The van der Waals surface area contributed by atoms with Crippen molar-refractivity contribution in [2.45, 2.75) is 15.1 Å². The first-order chi connectivity index (χ1) is 9.74. The molecule has 0 saturated heterocycles. The molecule has 2 heterocycles. The molecular formula is C12H13N5S3. The zero-order valence-corrected chi connectivity index (χ0v) is 13.2. The summed E-state index contributed by atoms with van der Waals surface area (Å²) in [5.74, 6) is 1.91. The van der Waals surface area contributed by atoms with Crippen LogP contribution in [0.15, 0.2) is 26.9 Å². The number of aryl methyl sites for hydroxylation is 1. The summed E-state index contributed by atoms with van der Waals surface area (Å²) in [7, 11) is 0. The van der Waals surface area contributed by atoms with Gasteiger partial charge in [-0.25, -0.2) is 4.98 Å². The average Bonchev–Trinajstić information content (AvgIpc) is 3.04. The maximum atomic E-state index is 5.76. The van der Waals surface area contributed by atoms with Crippen molar-refractivity contribution in [3.05, 3.63) is 24.0 Å². The van der Waals surface area contributed by atoms with Crippen LogP contribution in [-0.2, 0) is 6.42 Å². The van der Waals surface area contributed by atoms with Crippen LogP contribution in [0.4, 0.5) is 5.69 Å². The molecule has 3 rings (SSSR count). The van der Waals surface area contributed by atoms with Gasteiger partial charge >= 0.3 is 0 Å². The Morgan fingerprint density at radius 3 is 2.95 bits per heavy atom. The fourth-order valence-corrected chi connectivity index (χ4v) is 4.23. The first kappa shape index (κ1) is 13.7. The maximum Gasteiger partial charge on any atom is 0.175 e. The van der Waals surface area contributed by atoms with Gasteiger partial charge in [-0.15, -0.1) is 10.2 Å². The minimum absolute atomic E-state index is 0.750. The summed E-state index contributed by atoms with van der Waals surface area (Å²) in [6.45, 7) is 0. The van der Waals surface area contributed by atoms with Crippen LogP contribution in [0, 0.1) is 0 Å². The molecule has 0 amide bonds. The second kappa shape index (κ2) is 6.02. The van der Waals surface area contributed by atoms with Crippen molar-refractivity contribution in [2.24, 2.45) is 0 Å². The van der Waals surface area contributed by atoms with Crippen LogP contribution in [0.2, 0.25) is 0 Å². The number of anilines is 1. The highest BCUT2D eigenvalue weighted by atomic mass is 32.2. The second-order valence-corrected chi connectivity index (χ2v) is 7.47. The highest BCUT2D eigenvalue weighted by molar-refractivity contribution is 8.02. The van der Waals surface area contributed by atoms with E-state index in [4.69, 9.17) is 5.73 Å². The lowest BCUT2D eigenvalue weighted by Gasteiger charge is -1.94. The number of imidazole rings is 1. The van der Waals surface area contributed by atoms with Crippen molar-refractivity contribution in [1.29, 1.82) is 0 Å². The van der Waals surface area contributed by atoms with Gasteiger partial charge in [-0.2, -0.15) is 0 Å². The summed E-state index contributed by atoms with van der Waals surface area (Å²) in [5, 5.41) is 8.21. The van der Waals surface area contributed by atoms with E-state index in [1.54, 1.807) is 34.9 Å². The van der Waals surface area contributed by atoms with Crippen LogP contribution in [0.25, 0.3) is 11.0 Å². The number of nitrogens with one attached hydrogen (secondary N) is 1. The van der Waals surface area contributed by atoms with Gasteiger partial charge in [0.05, 0.1) is 11.0 Å². The van der Waals surface area contributed by atoms with E-state index in [2.05, 4.69) is 20.2 Å². The van der Waals surface area contributed by atoms with Gasteiger partial charge in [0.1, 0.15) is 5.82 Å². The molecule has 5 nitrogen and oxygen atoms in total. The number of fused-ring (bicyclic) bond motifs is 1. The summed E-state index contributed by atoms with van der Waals surface area (Å²) >= 11 is 4.97. The fraction of sp³-hybridized carbons (Fsp3) is 0.250. The van der Waals surface area contributed by atoms with Crippen molar-refractivity contribution in [2.75, 3.05) is 17.7 Å². The Balaban J connectivity index is 1.62. The number of nitrogen functional groups attached to an aromatic ring is 1. The second-order valence-electron chi connectivity index (χ2n) is 4.10.